The first kappa shape index (κ1) is 15.7. The maximum atomic E-state index is 12.1. The molecule has 0 atom stereocenters. The largest absolute Gasteiger partial charge is 0.318 e. The van der Waals surface area contributed by atoms with Crippen molar-refractivity contribution < 1.29 is 4.79 Å². The summed E-state index contributed by atoms with van der Waals surface area (Å²) in [6.07, 6.45) is 4.05. The molecule has 0 unspecified atom stereocenters. The minimum absolute atomic E-state index is 0.265. The molecule has 1 amide bonds. The van der Waals surface area contributed by atoms with Crippen LogP contribution in [0.4, 0.5) is 5.69 Å². The van der Waals surface area contributed by atoms with Crippen molar-refractivity contribution in [1.29, 1.82) is 0 Å². The molecular formula is C18H15ClN2OS. The van der Waals surface area contributed by atoms with E-state index in [0.29, 0.717) is 10.1 Å². The number of carbonyl (C=O) groups excluding carboxylic acids is 1. The van der Waals surface area contributed by atoms with Crippen LogP contribution in [-0.2, 0) is 11.2 Å². The maximum Gasteiger partial charge on any atom is 0.250 e. The predicted octanol–water partition coefficient (Wildman–Crippen LogP) is 3.82. The van der Waals surface area contributed by atoms with Crippen molar-refractivity contribution in [2.75, 3.05) is 11.4 Å². The number of anilines is 1. The van der Waals surface area contributed by atoms with Gasteiger partial charge in [-0.2, -0.15) is 0 Å². The van der Waals surface area contributed by atoms with Crippen LogP contribution < -0.4 is 10.2 Å². The van der Waals surface area contributed by atoms with Crippen molar-refractivity contribution in [3.05, 3.63) is 70.8 Å². The van der Waals surface area contributed by atoms with Gasteiger partial charge < -0.3 is 4.90 Å². The highest BCUT2D eigenvalue weighted by atomic mass is 35.5. The van der Waals surface area contributed by atoms with Gasteiger partial charge in [0.1, 0.15) is 0 Å². The third kappa shape index (κ3) is 3.60. The summed E-state index contributed by atoms with van der Waals surface area (Å²) in [5, 5.41) is 3.77. The zero-order valence-electron chi connectivity index (χ0n) is 12.3. The van der Waals surface area contributed by atoms with Crippen LogP contribution in [0.15, 0.2) is 54.6 Å². The molecule has 2 aromatic rings. The highest BCUT2D eigenvalue weighted by Gasteiger charge is 2.22. The number of benzene rings is 2. The lowest BCUT2D eigenvalue weighted by atomic mass is 10.2. The quantitative estimate of drug-likeness (QED) is 0.665. The minimum atomic E-state index is -0.265. The van der Waals surface area contributed by atoms with Crippen molar-refractivity contribution in [1.82, 2.24) is 5.32 Å². The monoisotopic (exact) mass is 342 g/mol. The van der Waals surface area contributed by atoms with Gasteiger partial charge in [-0.25, -0.2) is 0 Å². The molecule has 0 aromatic heterocycles. The number of nitrogens with one attached hydrogen (secondary N) is 1. The average Bonchev–Trinajstić information content (AvgIpc) is 2.98. The normalized spacial score (nSPS) is 13.2. The lowest BCUT2D eigenvalue weighted by Gasteiger charge is -2.19. The van der Waals surface area contributed by atoms with Gasteiger partial charge in [0, 0.05) is 23.3 Å². The Morgan fingerprint density at radius 1 is 1.17 bits per heavy atom. The minimum Gasteiger partial charge on any atom is -0.318 e. The fourth-order valence-electron chi connectivity index (χ4n) is 2.54. The molecule has 0 saturated heterocycles. The molecule has 2 aromatic carbocycles. The molecule has 1 aliphatic heterocycles. The molecule has 0 fully saturated rings. The Bertz CT molecular complexity index is 788. The summed E-state index contributed by atoms with van der Waals surface area (Å²) in [5.41, 5.74) is 3.10. The maximum absolute atomic E-state index is 12.1. The van der Waals surface area contributed by atoms with E-state index in [1.807, 2.05) is 41.3 Å². The van der Waals surface area contributed by atoms with E-state index in [2.05, 4.69) is 11.4 Å². The number of halogens is 1. The molecule has 1 aliphatic rings. The van der Waals surface area contributed by atoms with Crippen LogP contribution in [0.3, 0.4) is 0 Å². The van der Waals surface area contributed by atoms with E-state index in [1.54, 1.807) is 12.1 Å². The summed E-state index contributed by atoms with van der Waals surface area (Å²) in [6, 6.07) is 15.4. The fourth-order valence-corrected chi connectivity index (χ4v) is 3.03. The molecule has 0 bridgehead atoms. The Hall–Kier alpha value is -2.17. The van der Waals surface area contributed by atoms with E-state index >= 15 is 0 Å². The summed E-state index contributed by atoms with van der Waals surface area (Å²) >= 11 is 11.4. The average molecular weight is 343 g/mol. The first-order valence-corrected chi connectivity index (χ1v) is 8.07. The van der Waals surface area contributed by atoms with Gasteiger partial charge in [0.15, 0.2) is 5.11 Å². The van der Waals surface area contributed by atoms with Gasteiger partial charge in [-0.1, -0.05) is 48.0 Å². The number of amides is 1. The van der Waals surface area contributed by atoms with E-state index < -0.39 is 0 Å². The Balaban J connectivity index is 1.65. The van der Waals surface area contributed by atoms with Crippen molar-refractivity contribution >= 4 is 46.6 Å². The third-order valence-corrected chi connectivity index (χ3v) is 4.35. The van der Waals surface area contributed by atoms with Crippen LogP contribution in [0.25, 0.3) is 6.08 Å². The van der Waals surface area contributed by atoms with E-state index in [4.69, 9.17) is 23.8 Å². The van der Waals surface area contributed by atoms with Crippen molar-refractivity contribution in [2.45, 2.75) is 6.42 Å². The summed E-state index contributed by atoms with van der Waals surface area (Å²) in [4.78, 5) is 14.0. The summed E-state index contributed by atoms with van der Waals surface area (Å²) in [7, 11) is 0. The third-order valence-electron chi connectivity index (χ3n) is 3.68. The van der Waals surface area contributed by atoms with Crippen molar-refractivity contribution in [3.8, 4) is 0 Å². The number of para-hydroxylation sites is 1. The Morgan fingerprint density at radius 3 is 2.74 bits per heavy atom. The Morgan fingerprint density at radius 2 is 1.91 bits per heavy atom. The highest BCUT2D eigenvalue weighted by Crippen LogP contribution is 2.27. The number of fused-ring (bicyclic) bond motifs is 1. The lowest BCUT2D eigenvalue weighted by molar-refractivity contribution is -0.115. The second-order valence-electron chi connectivity index (χ2n) is 5.18. The van der Waals surface area contributed by atoms with Crippen molar-refractivity contribution in [3.63, 3.8) is 0 Å². The van der Waals surface area contributed by atoms with Crippen LogP contribution in [0.2, 0.25) is 5.02 Å². The molecule has 23 heavy (non-hydrogen) atoms. The predicted molar refractivity (Wildman–Crippen MR) is 98.7 cm³/mol. The molecule has 1 N–H and O–H groups in total. The molecule has 116 valence electrons. The molecule has 1 heterocycles. The first-order chi connectivity index (χ1) is 11.1. The molecule has 0 aliphatic carbocycles. The molecule has 0 saturated carbocycles. The topological polar surface area (TPSA) is 32.3 Å². The van der Waals surface area contributed by atoms with Crippen LogP contribution in [0.1, 0.15) is 11.1 Å². The van der Waals surface area contributed by atoms with Gasteiger partial charge in [0.05, 0.1) is 0 Å². The van der Waals surface area contributed by atoms with Crippen LogP contribution >= 0.6 is 23.8 Å². The molecule has 5 heteroatoms. The molecular weight excluding hydrogens is 328 g/mol. The number of hydrogen-bond donors (Lipinski definition) is 1. The fraction of sp³-hybridized carbons (Fsp3) is 0.111. The van der Waals surface area contributed by atoms with Gasteiger partial charge in [-0.15, -0.1) is 0 Å². The van der Waals surface area contributed by atoms with Crippen molar-refractivity contribution in [2.24, 2.45) is 0 Å². The van der Waals surface area contributed by atoms with Crippen LogP contribution in [0, 0.1) is 0 Å². The van der Waals surface area contributed by atoms with Gasteiger partial charge in [0.2, 0.25) is 5.91 Å². The SMILES string of the molecule is O=C(/C=C/c1ccccc1Cl)NC(=S)N1CCc2ccccc21. The molecule has 3 rings (SSSR count). The zero-order valence-corrected chi connectivity index (χ0v) is 13.9. The van der Waals surface area contributed by atoms with Crippen LogP contribution in [-0.4, -0.2) is 17.6 Å². The first-order valence-electron chi connectivity index (χ1n) is 7.28. The number of nitrogens with zero attached hydrogens (tertiary/aromatic N) is 1. The molecule has 0 radical (unpaired) electrons. The molecule has 0 spiro atoms. The second kappa shape index (κ2) is 6.94. The standard InChI is InChI=1S/C18H15ClN2OS/c19-15-7-3-1-5-13(15)9-10-17(22)20-18(23)21-12-11-14-6-2-4-8-16(14)21/h1-10H,11-12H2,(H,20,22,23)/b10-9+. The Kier molecular flexibility index (Phi) is 4.74. The smallest absolute Gasteiger partial charge is 0.250 e. The van der Waals surface area contributed by atoms with Gasteiger partial charge in [-0.05, 0) is 48.0 Å². The number of carbonyl (C=O) groups is 1. The summed E-state index contributed by atoms with van der Waals surface area (Å²) < 4.78 is 0. The van der Waals surface area contributed by atoms with Gasteiger partial charge >= 0.3 is 0 Å². The van der Waals surface area contributed by atoms with Gasteiger partial charge in [-0.3, -0.25) is 10.1 Å². The van der Waals surface area contributed by atoms with E-state index in [1.165, 1.54) is 11.6 Å². The lowest BCUT2D eigenvalue weighted by Crippen LogP contribution is -2.41. The van der Waals surface area contributed by atoms with E-state index in [-0.39, 0.29) is 5.91 Å². The van der Waals surface area contributed by atoms with E-state index in [0.717, 1.165) is 24.2 Å². The molecule has 3 nitrogen and oxygen atoms in total. The van der Waals surface area contributed by atoms with Crippen LogP contribution in [0.5, 0.6) is 0 Å². The number of hydrogen-bond acceptors (Lipinski definition) is 2. The number of rotatable bonds is 2. The summed E-state index contributed by atoms with van der Waals surface area (Å²) in [6.45, 7) is 0.784. The highest BCUT2D eigenvalue weighted by molar-refractivity contribution is 7.80. The second-order valence-corrected chi connectivity index (χ2v) is 5.97. The van der Waals surface area contributed by atoms with Gasteiger partial charge in [0.25, 0.3) is 0 Å². The zero-order chi connectivity index (χ0) is 16.2. The Labute approximate surface area is 145 Å². The number of thiocarbonyl (C=S) groups is 1. The summed E-state index contributed by atoms with van der Waals surface area (Å²) in [5.74, 6) is -0.265. The van der Waals surface area contributed by atoms with E-state index in [9.17, 15) is 4.79 Å².